The molecule has 0 aliphatic heterocycles. The van der Waals surface area contributed by atoms with Gasteiger partial charge in [-0.25, -0.2) is 4.79 Å². The Kier molecular flexibility index (Phi) is 4.42. The van der Waals surface area contributed by atoms with Gasteiger partial charge in [-0.1, -0.05) is 49.4 Å². The van der Waals surface area contributed by atoms with E-state index >= 15 is 0 Å². The van der Waals surface area contributed by atoms with Crippen molar-refractivity contribution in [2.45, 2.75) is 20.3 Å². The maximum absolute atomic E-state index is 12.0. The Morgan fingerprint density at radius 1 is 1.00 bits per heavy atom. The molecule has 3 aromatic carbocycles. The van der Waals surface area contributed by atoms with Gasteiger partial charge < -0.3 is 4.74 Å². The average Bonchev–Trinajstić information content (AvgIpc) is 2.58. The molecule has 0 atom stereocenters. The molecule has 0 N–H and O–H groups in total. The van der Waals surface area contributed by atoms with Crippen molar-refractivity contribution in [3.8, 4) is 0 Å². The molecule has 0 unspecified atom stereocenters. The average molecular weight is 304 g/mol. The predicted octanol–water partition coefficient (Wildman–Crippen LogP) is 5.35. The highest BCUT2D eigenvalue weighted by Gasteiger charge is 2.07. The quantitative estimate of drug-likeness (QED) is 0.369. The number of ether oxygens (including phenoxy) is 1. The second kappa shape index (κ2) is 6.66. The Morgan fingerprint density at radius 3 is 2.43 bits per heavy atom. The van der Waals surface area contributed by atoms with E-state index in [1.165, 1.54) is 16.2 Å². The van der Waals surface area contributed by atoms with Crippen LogP contribution in [0, 0.1) is 0 Å². The first-order chi connectivity index (χ1) is 11.2. The molecule has 3 rings (SSSR count). The highest BCUT2D eigenvalue weighted by atomic mass is 16.5. The van der Waals surface area contributed by atoms with Gasteiger partial charge in [-0.05, 0) is 58.7 Å². The van der Waals surface area contributed by atoms with Crippen LogP contribution in [0.3, 0.4) is 0 Å². The zero-order valence-electron chi connectivity index (χ0n) is 13.5. The number of fused-ring (bicyclic) bond motifs is 2. The van der Waals surface area contributed by atoms with Crippen LogP contribution in [0.25, 0.3) is 27.6 Å². The van der Waals surface area contributed by atoms with E-state index in [2.05, 4.69) is 30.3 Å². The van der Waals surface area contributed by atoms with E-state index in [0.29, 0.717) is 12.2 Å². The normalized spacial score (nSPS) is 11.8. The molecule has 0 saturated heterocycles. The monoisotopic (exact) mass is 304 g/mol. The minimum absolute atomic E-state index is 0.246. The maximum Gasteiger partial charge on any atom is 0.333 e. The number of carbonyl (C=O) groups excluding carboxylic acids is 1. The zero-order valence-corrected chi connectivity index (χ0v) is 13.5. The third kappa shape index (κ3) is 3.26. The topological polar surface area (TPSA) is 26.3 Å². The summed E-state index contributed by atoms with van der Waals surface area (Å²) in [5, 5.41) is 4.74. The Hall–Kier alpha value is -2.61. The largest absolute Gasteiger partial charge is 0.462 e. The van der Waals surface area contributed by atoms with Gasteiger partial charge >= 0.3 is 5.97 Å². The second-order valence-corrected chi connectivity index (χ2v) is 5.73. The summed E-state index contributed by atoms with van der Waals surface area (Å²) in [5.41, 5.74) is 1.67. The van der Waals surface area contributed by atoms with Crippen LogP contribution in [-0.2, 0) is 9.53 Å². The summed E-state index contributed by atoms with van der Waals surface area (Å²) in [5.74, 6) is -0.246. The van der Waals surface area contributed by atoms with Crippen molar-refractivity contribution in [3.05, 3.63) is 65.7 Å². The first-order valence-electron chi connectivity index (χ1n) is 7.96. The minimum Gasteiger partial charge on any atom is -0.462 e. The molecule has 0 radical (unpaired) electrons. The van der Waals surface area contributed by atoms with Gasteiger partial charge in [0.2, 0.25) is 0 Å². The SMILES string of the molecule is CCCOC(=O)C(C)=Cc1cccc2cc3ccccc3cc12. The van der Waals surface area contributed by atoms with E-state index in [-0.39, 0.29) is 5.97 Å². The molecule has 0 saturated carbocycles. The fraction of sp³-hybridized carbons (Fsp3) is 0.190. The number of esters is 1. The van der Waals surface area contributed by atoms with Gasteiger partial charge in [-0.15, -0.1) is 0 Å². The molecule has 0 bridgehead atoms. The Bertz CT molecular complexity index is 891. The van der Waals surface area contributed by atoms with Crippen molar-refractivity contribution in [2.24, 2.45) is 0 Å². The van der Waals surface area contributed by atoms with Crippen molar-refractivity contribution in [1.29, 1.82) is 0 Å². The fourth-order valence-electron chi connectivity index (χ4n) is 2.72. The summed E-state index contributed by atoms with van der Waals surface area (Å²) in [4.78, 5) is 12.0. The smallest absolute Gasteiger partial charge is 0.333 e. The molecule has 23 heavy (non-hydrogen) atoms. The number of carbonyl (C=O) groups is 1. The Morgan fingerprint density at radius 2 is 1.70 bits per heavy atom. The molecule has 0 aliphatic carbocycles. The van der Waals surface area contributed by atoms with E-state index in [0.717, 1.165) is 17.4 Å². The lowest BCUT2D eigenvalue weighted by Gasteiger charge is -2.07. The van der Waals surface area contributed by atoms with Gasteiger partial charge in [-0.2, -0.15) is 0 Å². The number of benzene rings is 3. The van der Waals surface area contributed by atoms with Crippen molar-refractivity contribution in [3.63, 3.8) is 0 Å². The van der Waals surface area contributed by atoms with Crippen LogP contribution < -0.4 is 0 Å². The van der Waals surface area contributed by atoms with Gasteiger partial charge in [0.25, 0.3) is 0 Å². The number of rotatable bonds is 4. The van der Waals surface area contributed by atoms with Crippen LogP contribution in [0.5, 0.6) is 0 Å². The second-order valence-electron chi connectivity index (χ2n) is 5.73. The van der Waals surface area contributed by atoms with Crippen LogP contribution in [-0.4, -0.2) is 12.6 Å². The third-order valence-electron chi connectivity index (χ3n) is 3.91. The molecule has 2 heteroatoms. The number of hydrogen-bond acceptors (Lipinski definition) is 2. The minimum atomic E-state index is -0.246. The molecule has 116 valence electrons. The molecule has 0 heterocycles. The highest BCUT2D eigenvalue weighted by molar-refractivity contribution is 6.03. The maximum atomic E-state index is 12.0. The molecule has 0 aromatic heterocycles. The molecular weight excluding hydrogens is 284 g/mol. The molecular formula is C21H20O2. The van der Waals surface area contributed by atoms with E-state index in [1.54, 1.807) is 6.92 Å². The molecule has 3 aromatic rings. The zero-order chi connectivity index (χ0) is 16.2. The van der Waals surface area contributed by atoms with E-state index < -0.39 is 0 Å². The number of hydrogen-bond donors (Lipinski definition) is 0. The lowest BCUT2D eigenvalue weighted by Crippen LogP contribution is -2.06. The van der Waals surface area contributed by atoms with E-state index in [4.69, 9.17) is 4.74 Å². The predicted molar refractivity (Wildman–Crippen MR) is 96.4 cm³/mol. The van der Waals surface area contributed by atoms with Gasteiger partial charge in [0.1, 0.15) is 0 Å². The molecule has 0 fully saturated rings. The summed E-state index contributed by atoms with van der Waals surface area (Å²) in [7, 11) is 0. The van der Waals surface area contributed by atoms with Gasteiger partial charge in [0.15, 0.2) is 0 Å². The molecule has 0 aliphatic rings. The van der Waals surface area contributed by atoms with Crippen molar-refractivity contribution in [2.75, 3.05) is 6.61 Å². The van der Waals surface area contributed by atoms with Gasteiger partial charge in [0, 0.05) is 5.57 Å². The first kappa shape index (κ1) is 15.3. The summed E-state index contributed by atoms with van der Waals surface area (Å²) in [6.45, 7) is 4.25. The van der Waals surface area contributed by atoms with Crippen LogP contribution in [0.4, 0.5) is 0 Å². The summed E-state index contributed by atoms with van der Waals surface area (Å²) >= 11 is 0. The van der Waals surface area contributed by atoms with Crippen LogP contribution in [0.1, 0.15) is 25.8 Å². The van der Waals surface area contributed by atoms with E-state index in [1.807, 2.05) is 37.3 Å². The fourth-order valence-corrected chi connectivity index (χ4v) is 2.72. The van der Waals surface area contributed by atoms with Gasteiger partial charge in [0.05, 0.1) is 6.61 Å². The highest BCUT2D eigenvalue weighted by Crippen LogP contribution is 2.27. The molecule has 0 spiro atoms. The van der Waals surface area contributed by atoms with Crippen molar-refractivity contribution < 1.29 is 9.53 Å². The van der Waals surface area contributed by atoms with Crippen molar-refractivity contribution >= 4 is 33.6 Å². The lowest BCUT2D eigenvalue weighted by atomic mass is 9.98. The summed E-state index contributed by atoms with van der Waals surface area (Å²) in [6, 6.07) is 18.8. The standard InChI is InChI=1S/C21H20O2/c1-3-11-23-21(22)15(2)12-18-9-6-10-19-13-16-7-4-5-8-17(16)14-20(18)19/h4-10,12-14H,3,11H2,1-2H3. The Labute approximate surface area is 136 Å². The third-order valence-corrected chi connectivity index (χ3v) is 3.91. The molecule has 2 nitrogen and oxygen atoms in total. The molecule has 0 amide bonds. The van der Waals surface area contributed by atoms with Gasteiger partial charge in [-0.3, -0.25) is 0 Å². The first-order valence-corrected chi connectivity index (χ1v) is 7.96. The van der Waals surface area contributed by atoms with Crippen LogP contribution >= 0.6 is 0 Å². The summed E-state index contributed by atoms with van der Waals surface area (Å²) in [6.07, 6.45) is 2.74. The summed E-state index contributed by atoms with van der Waals surface area (Å²) < 4.78 is 5.20. The van der Waals surface area contributed by atoms with Crippen LogP contribution in [0.2, 0.25) is 0 Å². The lowest BCUT2D eigenvalue weighted by molar-refractivity contribution is -0.138. The van der Waals surface area contributed by atoms with Crippen LogP contribution in [0.15, 0.2) is 60.2 Å². The Balaban J connectivity index is 2.07. The van der Waals surface area contributed by atoms with E-state index in [9.17, 15) is 4.79 Å². The van der Waals surface area contributed by atoms with Crippen molar-refractivity contribution in [1.82, 2.24) is 0 Å².